The van der Waals surface area contributed by atoms with Crippen LogP contribution in [0.1, 0.15) is 39.0 Å². The number of carbonyl (C=O) groups excluding carboxylic acids is 1. The Hall–Kier alpha value is -0.370. The van der Waals surface area contributed by atoms with Gasteiger partial charge in [0, 0.05) is 5.92 Å². The first kappa shape index (κ1) is 10.2. The van der Waals surface area contributed by atoms with Crippen molar-refractivity contribution in [3.05, 3.63) is 0 Å². The van der Waals surface area contributed by atoms with E-state index < -0.39 is 0 Å². The molecule has 80 valence electrons. The lowest BCUT2D eigenvalue weighted by Crippen LogP contribution is -2.37. The molecule has 0 unspecified atom stereocenters. The standard InChI is InChI=1S/C12H21NO/c1-2-10-5-7-13(8-6-10)9-12(14)11-3-4-11/h10-11H,2-9H2,1H3. The molecule has 0 radical (unpaired) electrons. The van der Waals surface area contributed by atoms with Gasteiger partial charge < -0.3 is 0 Å². The molecule has 1 saturated carbocycles. The first-order chi connectivity index (χ1) is 6.79. The number of ketones is 1. The largest absolute Gasteiger partial charge is 0.298 e. The fourth-order valence-electron chi connectivity index (χ4n) is 2.31. The maximum absolute atomic E-state index is 11.6. The van der Waals surface area contributed by atoms with E-state index >= 15 is 0 Å². The lowest BCUT2D eigenvalue weighted by atomic mass is 9.94. The van der Waals surface area contributed by atoms with Crippen molar-refractivity contribution in [2.75, 3.05) is 19.6 Å². The highest BCUT2D eigenvalue weighted by atomic mass is 16.1. The fourth-order valence-corrected chi connectivity index (χ4v) is 2.31. The van der Waals surface area contributed by atoms with Crippen LogP contribution in [0.5, 0.6) is 0 Å². The van der Waals surface area contributed by atoms with Crippen LogP contribution in [0.25, 0.3) is 0 Å². The average Bonchev–Trinajstić information content (AvgIpc) is 3.02. The minimum Gasteiger partial charge on any atom is -0.298 e. The Bertz CT molecular complexity index is 202. The van der Waals surface area contributed by atoms with Crippen LogP contribution < -0.4 is 0 Å². The minimum atomic E-state index is 0.443. The molecule has 0 amide bonds. The van der Waals surface area contributed by atoms with Crippen molar-refractivity contribution in [1.29, 1.82) is 0 Å². The van der Waals surface area contributed by atoms with E-state index in [4.69, 9.17) is 0 Å². The minimum absolute atomic E-state index is 0.443. The highest BCUT2D eigenvalue weighted by Crippen LogP contribution is 2.30. The van der Waals surface area contributed by atoms with Crippen molar-refractivity contribution in [2.24, 2.45) is 11.8 Å². The molecule has 1 heterocycles. The first-order valence-corrected chi connectivity index (χ1v) is 6.04. The second-order valence-corrected chi connectivity index (χ2v) is 4.87. The van der Waals surface area contributed by atoms with E-state index in [2.05, 4.69) is 11.8 Å². The van der Waals surface area contributed by atoms with Gasteiger partial charge >= 0.3 is 0 Å². The Morgan fingerprint density at radius 1 is 1.21 bits per heavy atom. The number of likely N-dealkylation sites (tertiary alicyclic amines) is 1. The number of carbonyl (C=O) groups is 1. The van der Waals surface area contributed by atoms with Gasteiger partial charge in [0.25, 0.3) is 0 Å². The normalized spacial score (nSPS) is 25.2. The molecule has 2 aliphatic rings. The fraction of sp³-hybridized carbons (Fsp3) is 0.917. The van der Waals surface area contributed by atoms with Gasteiger partial charge in [-0.2, -0.15) is 0 Å². The zero-order valence-corrected chi connectivity index (χ0v) is 9.17. The molecule has 0 aromatic rings. The number of piperidine rings is 1. The molecular formula is C12H21NO. The molecular weight excluding hydrogens is 174 g/mol. The molecule has 1 saturated heterocycles. The molecule has 0 aromatic heterocycles. The van der Waals surface area contributed by atoms with Crippen molar-refractivity contribution >= 4 is 5.78 Å². The maximum atomic E-state index is 11.6. The third-order valence-electron chi connectivity index (χ3n) is 3.70. The quantitative estimate of drug-likeness (QED) is 0.684. The molecule has 0 spiro atoms. The van der Waals surface area contributed by atoms with Gasteiger partial charge in [-0.15, -0.1) is 0 Å². The smallest absolute Gasteiger partial charge is 0.149 e. The predicted molar refractivity (Wildman–Crippen MR) is 57.2 cm³/mol. The molecule has 1 aliphatic heterocycles. The molecule has 0 bridgehead atoms. The Morgan fingerprint density at radius 2 is 1.86 bits per heavy atom. The molecule has 1 aliphatic carbocycles. The van der Waals surface area contributed by atoms with Gasteiger partial charge in [-0.05, 0) is 44.7 Å². The van der Waals surface area contributed by atoms with E-state index in [1.54, 1.807) is 0 Å². The summed E-state index contributed by atoms with van der Waals surface area (Å²) in [6.45, 7) is 5.31. The summed E-state index contributed by atoms with van der Waals surface area (Å²) in [6.07, 6.45) is 6.22. The highest BCUT2D eigenvalue weighted by molar-refractivity contribution is 5.84. The summed E-state index contributed by atoms with van der Waals surface area (Å²) < 4.78 is 0. The Labute approximate surface area is 86.7 Å². The Balaban J connectivity index is 1.69. The molecule has 0 aromatic carbocycles. The molecule has 2 fully saturated rings. The summed E-state index contributed by atoms with van der Waals surface area (Å²) in [6, 6.07) is 0. The monoisotopic (exact) mass is 195 g/mol. The predicted octanol–water partition coefficient (Wildman–Crippen LogP) is 2.09. The number of nitrogens with zero attached hydrogens (tertiary/aromatic N) is 1. The summed E-state index contributed by atoms with van der Waals surface area (Å²) in [4.78, 5) is 13.9. The zero-order chi connectivity index (χ0) is 9.97. The summed E-state index contributed by atoms with van der Waals surface area (Å²) in [5.41, 5.74) is 0. The number of hydrogen-bond donors (Lipinski definition) is 0. The topological polar surface area (TPSA) is 20.3 Å². The van der Waals surface area contributed by atoms with Crippen molar-refractivity contribution in [1.82, 2.24) is 4.90 Å². The van der Waals surface area contributed by atoms with Crippen LogP contribution in [-0.2, 0) is 4.79 Å². The molecule has 0 N–H and O–H groups in total. The van der Waals surface area contributed by atoms with Crippen LogP contribution in [0, 0.1) is 11.8 Å². The third kappa shape index (κ3) is 2.57. The number of hydrogen-bond acceptors (Lipinski definition) is 2. The van der Waals surface area contributed by atoms with Gasteiger partial charge in [0.05, 0.1) is 6.54 Å². The van der Waals surface area contributed by atoms with Crippen molar-refractivity contribution < 1.29 is 4.79 Å². The van der Waals surface area contributed by atoms with Crippen LogP contribution in [0.2, 0.25) is 0 Å². The lowest BCUT2D eigenvalue weighted by molar-refractivity contribution is -0.121. The highest BCUT2D eigenvalue weighted by Gasteiger charge is 2.31. The van der Waals surface area contributed by atoms with Crippen LogP contribution in [0.15, 0.2) is 0 Å². The molecule has 2 heteroatoms. The molecule has 2 nitrogen and oxygen atoms in total. The van der Waals surface area contributed by atoms with Gasteiger partial charge in [0.15, 0.2) is 0 Å². The summed E-state index contributed by atoms with van der Waals surface area (Å²) in [7, 11) is 0. The van der Waals surface area contributed by atoms with E-state index in [1.807, 2.05) is 0 Å². The van der Waals surface area contributed by atoms with E-state index in [1.165, 1.54) is 19.3 Å². The average molecular weight is 195 g/mol. The van der Waals surface area contributed by atoms with Crippen LogP contribution in [0.3, 0.4) is 0 Å². The van der Waals surface area contributed by atoms with Gasteiger partial charge in [-0.25, -0.2) is 0 Å². The first-order valence-electron chi connectivity index (χ1n) is 6.04. The Morgan fingerprint density at radius 3 is 2.36 bits per heavy atom. The SMILES string of the molecule is CCC1CCN(CC(=O)C2CC2)CC1. The third-order valence-corrected chi connectivity index (χ3v) is 3.70. The van der Waals surface area contributed by atoms with Crippen LogP contribution in [0.4, 0.5) is 0 Å². The van der Waals surface area contributed by atoms with Crippen LogP contribution >= 0.6 is 0 Å². The van der Waals surface area contributed by atoms with Gasteiger partial charge in [-0.3, -0.25) is 9.69 Å². The summed E-state index contributed by atoms with van der Waals surface area (Å²) in [5, 5.41) is 0. The van der Waals surface area contributed by atoms with E-state index in [0.717, 1.165) is 38.4 Å². The van der Waals surface area contributed by atoms with E-state index in [-0.39, 0.29) is 0 Å². The van der Waals surface area contributed by atoms with E-state index in [0.29, 0.717) is 11.7 Å². The van der Waals surface area contributed by atoms with Gasteiger partial charge in [-0.1, -0.05) is 13.3 Å². The van der Waals surface area contributed by atoms with E-state index in [9.17, 15) is 4.79 Å². The summed E-state index contributed by atoms with van der Waals surface area (Å²) in [5.74, 6) is 1.86. The molecule has 0 atom stereocenters. The van der Waals surface area contributed by atoms with Gasteiger partial charge in [0.1, 0.15) is 5.78 Å². The lowest BCUT2D eigenvalue weighted by Gasteiger charge is -2.30. The molecule has 2 rings (SSSR count). The number of Topliss-reactive ketones (excluding diaryl/α,β-unsaturated/α-hetero) is 1. The van der Waals surface area contributed by atoms with Crippen molar-refractivity contribution in [3.8, 4) is 0 Å². The van der Waals surface area contributed by atoms with Crippen molar-refractivity contribution in [3.63, 3.8) is 0 Å². The Kier molecular flexibility index (Phi) is 3.22. The van der Waals surface area contributed by atoms with Crippen molar-refractivity contribution in [2.45, 2.75) is 39.0 Å². The maximum Gasteiger partial charge on any atom is 0.149 e. The van der Waals surface area contributed by atoms with Gasteiger partial charge in [0.2, 0.25) is 0 Å². The zero-order valence-electron chi connectivity index (χ0n) is 9.17. The van der Waals surface area contributed by atoms with Crippen LogP contribution in [-0.4, -0.2) is 30.3 Å². The second kappa shape index (κ2) is 4.43. The summed E-state index contributed by atoms with van der Waals surface area (Å²) >= 11 is 0. The second-order valence-electron chi connectivity index (χ2n) is 4.87. The number of rotatable bonds is 4. The molecule has 14 heavy (non-hydrogen) atoms.